The van der Waals surface area contributed by atoms with Gasteiger partial charge in [0.25, 0.3) is 0 Å². The summed E-state index contributed by atoms with van der Waals surface area (Å²) in [5, 5.41) is 0.495. The van der Waals surface area contributed by atoms with Crippen LogP contribution in [0, 0.1) is 0 Å². The highest BCUT2D eigenvalue weighted by Gasteiger charge is 2.14. The molecule has 1 N–H and O–H groups in total. The van der Waals surface area contributed by atoms with Gasteiger partial charge in [0.1, 0.15) is 0 Å². The van der Waals surface area contributed by atoms with Gasteiger partial charge in [-0.1, -0.05) is 15.9 Å². The first-order chi connectivity index (χ1) is 3.62. The van der Waals surface area contributed by atoms with Crippen LogP contribution >= 0.6 is 23.5 Å². The van der Waals surface area contributed by atoms with Crippen molar-refractivity contribution < 1.29 is 14.0 Å². The van der Waals surface area contributed by atoms with E-state index < -0.39 is 7.60 Å². The number of hydrogen-bond acceptors (Lipinski definition) is 2. The van der Waals surface area contributed by atoms with Gasteiger partial charge in [-0.05, 0) is 0 Å². The zero-order valence-electron chi connectivity index (χ0n) is 4.50. The van der Waals surface area contributed by atoms with Crippen molar-refractivity contribution in [3.05, 3.63) is 0 Å². The van der Waals surface area contributed by atoms with Crippen LogP contribution in [-0.4, -0.2) is 23.5 Å². The first-order valence-electron chi connectivity index (χ1n) is 2.06. The second-order valence-corrected chi connectivity index (χ2v) is 4.11. The molecule has 0 bridgehead atoms. The van der Waals surface area contributed by atoms with Gasteiger partial charge in [-0.15, -0.1) is 0 Å². The lowest BCUT2D eigenvalue weighted by molar-refractivity contribution is 0.317. The number of rotatable bonds is 3. The molecule has 0 saturated heterocycles. The average molecular weight is 203 g/mol. The largest absolute Gasteiger partial charge is 0.328 e. The van der Waals surface area contributed by atoms with Crippen LogP contribution < -0.4 is 0 Å². The van der Waals surface area contributed by atoms with Crippen LogP contribution in [0.2, 0.25) is 0 Å². The summed E-state index contributed by atoms with van der Waals surface area (Å²) < 4.78 is 14.7. The second-order valence-electron chi connectivity index (χ2n) is 1.23. The molecule has 1 atom stereocenters. The van der Waals surface area contributed by atoms with Crippen LogP contribution in [0.15, 0.2) is 0 Å². The average Bonchev–Trinajstić information content (AvgIpc) is 1.67. The van der Waals surface area contributed by atoms with E-state index in [4.69, 9.17) is 4.89 Å². The molecule has 0 radical (unpaired) electrons. The van der Waals surface area contributed by atoms with E-state index >= 15 is 0 Å². The van der Waals surface area contributed by atoms with E-state index in [0.717, 1.165) is 0 Å². The molecule has 0 aromatic heterocycles. The highest BCUT2D eigenvalue weighted by atomic mass is 79.9. The first-order valence-corrected chi connectivity index (χ1v) is 4.94. The summed E-state index contributed by atoms with van der Waals surface area (Å²) >= 11 is 3.01. The molecule has 8 heavy (non-hydrogen) atoms. The molecule has 0 amide bonds. The Morgan fingerprint density at radius 3 is 2.50 bits per heavy atom. The van der Waals surface area contributed by atoms with Crippen LogP contribution in [0.1, 0.15) is 0 Å². The maximum Gasteiger partial charge on any atom is 0.328 e. The summed E-state index contributed by atoms with van der Waals surface area (Å²) in [6, 6.07) is 0. The van der Waals surface area contributed by atoms with Crippen molar-refractivity contribution in [2.24, 2.45) is 0 Å². The molecule has 0 aliphatic heterocycles. The van der Waals surface area contributed by atoms with Crippen molar-refractivity contribution in [3.8, 4) is 0 Å². The van der Waals surface area contributed by atoms with Crippen LogP contribution in [0.5, 0.6) is 0 Å². The van der Waals surface area contributed by atoms with Gasteiger partial charge < -0.3 is 9.42 Å². The Bertz CT molecular complexity index is 105. The predicted molar refractivity (Wildman–Crippen MR) is 35.5 cm³/mol. The third kappa shape index (κ3) is 3.61. The molecule has 0 fully saturated rings. The summed E-state index contributed by atoms with van der Waals surface area (Å²) in [7, 11) is -1.99. The topological polar surface area (TPSA) is 46.5 Å². The van der Waals surface area contributed by atoms with Gasteiger partial charge in [0, 0.05) is 12.4 Å². The van der Waals surface area contributed by atoms with Crippen molar-refractivity contribution in [1.82, 2.24) is 0 Å². The molecule has 0 aliphatic carbocycles. The summed E-state index contributed by atoms with van der Waals surface area (Å²) in [5.74, 6) is 0. The molecule has 3 nitrogen and oxygen atoms in total. The van der Waals surface area contributed by atoms with Gasteiger partial charge in [-0.25, -0.2) is 0 Å². The molecule has 0 rings (SSSR count). The van der Waals surface area contributed by atoms with E-state index in [-0.39, 0.29) is 6.16 Å². The number of hydrogen-bond donors (Lipinski definition) is 1. The Morgan fingerprint density at radius 1 is 1.88 bits per heavy atom. The van der Waals surface area contributed by atoms with Gasteiger partial charge in [-0.2, -0.15) is 0 Å². The van der Waals surface area contributed by atoms with Crippen LogP contribution in [0.4, 0.5) is 0 Å². The fourth-order valence-electron chi connectivity index (χ4n) is 0.198. The minimum Gasteiger partial charge on any atom is -0.324 e. The third-order valence-electron chi connectivity index (χ3n) is 0.652. The fraction of sp³-hybridized carbons (Fsp3) is 1.00. The van der Waals surface area contributed by atoms with Crippen LogP contribution in [-0.2, 0) is 9.09 Å². The van der Waals surface area contributed by atoms with Gasteiger partial charge in [-0.3, -0.25) is 4.57 Å². The standard InChI is InChI=1S/C3H8BrO3P/c1-7-8(5,6)3-2-4/h2-3H2,1H3,(H,5,6). The molecule has 1 unspecified atom stereocenters. The normalized spacial score (nSPS) is 17.9. The van der Waals surface area contributed by atoms with E-state index in [0.29, 0.717) is 5.33 Å². The summed E-state index contributed by atoms with van der Waals surface area (Å²) in [6.07, 6.45) is 0.170. The van der Waals surface area contributed by atoms with Gasteiger partial charge >= 0.3 is 7.60 Å². The van der Waals surface area contributed by atoms with E-state index in [2.05, 4.69) is 20.5 Å². The van der Waals surface area contributed by atoms with E-state index in [9.17, 15) is 4.57 Å². The second kappa shape index (κ2) is 3.62. The zero-order valence-corrected chi connectivity index (χ0v) is 6.98. The molecule has 0 aromatic rings. The van der Waals surface area contributed by atoms with Gasteiger partial charge in [0.15, 0.2) is 0 Å². The summed E-state index contributed by atoms with van der Waals surface area (Å²) in [4.78, 5) is 8.63. The molecule has 0 spiro atoms. The minimum atomic E-state index is -3.22. The Hall–Kier alpha value is 0.630. The molecule has 0 aliphatic rings. The smallest absolute Gasteiger partial charge is 0.324 e. The van der Waals surface area contributed by atoms with Crippen molar-refractivity contribution in [3.63, 3.8) is 0 Å². The van der Waals surface area contributed by atoms with E-state index in [1.807, 2.05) is 0 Å². The summed E-state index contributed by atoms with van der Waals surface area (Å²) in [6.45, 7) is 0. The SMILES string of the molecule is COP(=O)(O)CCBr. The van der Waals surface area contributed by atoms with Crippen molar-refractivity contribution in [2.75, 3.05) is 18.6 Å². The lowest BCUT2D eigenvalue weighted by Gasteiger charge is -2.03. The zero-order chi connectivity index (χ0) is 6.62. The maximum atomic E-state index is 10.5. The highest BCUT2D eigenvalue weighted by molar-refractivity contribution is 9.09. The number of alkyl halides is 1. The molecular formula is C3H8BrO3P. The van der Waals surface area contributed by atoms with E-state index in [1.165, 1.54) is 7.11 Å². The molecule has 50 valence electrons. The monoisotopic (exact) mass is 202 g/mol. The molecule has 5 heteroatoms. The Kier molecular flexibility index (Phi) is 3.90. The van der Waals surface area contributed by atoms with Crippen LogP contribution in [0.3, 0.4) is 0 Å². The lowest BCUT2D eigenvalue weighted by Crippen LogP contribution is -1.90. The van der Waals surface area contributed by atoms with Gasteiger partial charge in [0.2, 0.25) is 0 Å². The Labute approximate surface area is 56.7 Å². The van der Waals surface area contributed by atoms with Crippen molar-refractivity contribution >= 4 is 23.5 Å². The maximum absolute atomic E-state index is 10.5. The third-order valence-corrected chi connectivity index (χ3v) is 3.02. The quantitative estimate of drug-likeness (QED) is 0.553. The Morgan fingerprint density at radius 2 is 2.38 bits per heavy atom. The van der Waals surface area contributed by atoms with Crippen LogP contribution in [0.25, 0.3) is 0 Å². The van der Waals surface area contributed by atoms with Crippen molar-refractivity contribution in [1.29, 1.82) is 0 Å². The molecular weight excluding hydrogens is 195 g/mol. The Balaban J connectivity index is 3.55. The summed E-state index contributed by atoms with van der Waals surface area (Å²) in [5.41, 5.74) is 0. The molecule has 0 heterocycles. The first kappa shape index (κ1) is 8.63. The molecule has 0 saturated carbocycles. The van der Waals surface area contributed by atoms with Crippen molar-refractivity contribution in [2.45, 2.75) is 0 Å². The van der Waals surface area contributed by atoms with Gasteiger partial charge in [0.05, 0.1) is 6.16 Å². The fourth-order valence-corrected chi connectivity index (χ4v) is 1.94. The highest BCUT2D eigenvalue weighted by Crippen LogP contribution is 2.40. The number of halogens is 1. The minimum absolute atomic E-state index is 0.170. The molecule has 0 aromatic carbocycles. The predicted octanol–water partition coefficient (Wildman–Crippen LogP) is 1.21. The van der Waals surface area contributed by atoms with E-state index in [1.54, 1.807) is 0 Å². The lowest BCUT2D eigenvalue weighted by atomic mass is 11.0.